The summed E-state index contributed by atoms with van der Waals surface area (Å²) in [6.07, 6.45) is 0. The molecule has 0 bridgehead atoms. The number of benzene rings is 8. The Kier molecular flexibility index (Phi) is 7.43. The van der Waals surface area contributed by atoms with Crippen LogP contribution in [-0.2, 0) is 0 Å². The molecule has 10 aromatic rings. The quantitative estimate of drug-likeness (QED) is 0.176. The van der Waals surface area contributed by atoms with Crippen molar-refractivity contribution in [3.05, 3.63) is 188 Å². The minimum absolute atomic E-state index is 0.579. The smallest absolute Gasteiger partial charge is 0.164 e. The zero-order valence-corrected chi connectivity index (χ0v) is 28.6. The van der Waals surface area contributed by atoms with Crippen LogP contribution in [0.1, 0.15) is 0 Å². The second-order valence-electron chi connectivity index (χ2n) is 13.2. The van der Waals surface area contributed by atoms with E-state index >= 15 is 0 Å². The highest BCUT2D eigenvalue weighted by Crippen LogP contribution is 2.42. The maximum Gasteiger partial charge on any atom is 0.164 e. The van der Waals surface area contributed by atoms with Gasteiger partial charge in [-0.2, -0.15) is 0 Å². The summed E-state index contributed by atoms with van der Waals surface area (Å²) < 4.78 is 6.68. The summed E-state index contributed by atoms with van der Waals surface area (Å²) in [5, 5.41) is 4.45. The van der Waals surface area contributed by atoms with Gasteiger partial charge >= 0.3 is 0 Å². The van der Waals surface area contributed by atoms with Crippen LogP contribution >= 0.6 is 0 Å². The van der Waals surface area contributed by atoms with Crippen molar-refractivity contribution >= 4 is 32.7 Å². The van der Waals surface area contributed by atoms with E-state index in [0.717, 1.165) is 77.4 Å². The normalized spacial score (nSPS) is 11.4. The summed E-state index contributed by atoms with van der Waals surface area (Å²) in [6.45, 7) is 0. The van der Waals surface area contributed by atoms with Crippen molar-refractivity contribution in [2.45, 2.75) is 0 Å². The minimum atomic E-state index is 0.579. The van der Waals surface area contributed by atoms with Gasteiger partial charge in [-0.05, 0) is 62.9 Å². The fourth-order valence-electron chi connectivity index (χ4n) is 7.25. The number of para-hydroxylation sites is 1. The third-order valence-electron chi connectivity index (χ3n) is 9.96. The number of fused-ring (bicyclic) bond motifs is 4. The van der Waals surface area contributed by atoms with Crippen LogP contribution in [0.25, 0.3) is 100 Å². The fraction of sp³-hybridized carbons (Fsp3) is 0. The van der Waals surface area contributed by atoms with Gasteiger partial charge in [-0.25, -0.2) is 15.0 Å². The molecule has 248 valence electrons. The molecule has 0 aliphatic rings. The lowest BCUT2D eigenvalue weighted by Crippen LogP contribution is -2.01. The first kappa shape index (κ1) is 30.6. The molecule has 4 heteroatoms. The molecule has 4 nitrogen and oxygen atoms in total. The molecule has 0 N–H and O–H groups in total. The summed E-state index contributed by atoms with van der Waals surface area (Å²) in [5.41, 5.74) is 10.9. The lowest BCUT2D eigenvalue weighted by molar-refractivity contribution is 0.670. The van der Waals surface area contributed by atoms with Crippen LogP contribution in [-0.4, -0.2) is 15.0 Å². The molecule has 0 radical (unpaired) electrons. The minimum Gasteiger partial charge on any atom is -0.455 e. The lowest BCUT2D eigenvalue weighted by atomic mass is 9.94. The molecular formula is C49H31N3O. The Morgan fingerprint density at radius 3 is 1.45 bits per heavy atom. The van der Waals surface area contributed by atoms with Crippen LogP contribution in [0.4, 0.5) is 0 Å². The highest BCUT2D eigenvalue weighted by Gasteiger charge is 2.21. The van der Waals surface area contributed by atoms with Crippen molar-refractivity contribution < 1.29 is 4.42 Å². The van der Waals surface area contributed by atoms with Gasteiger partial charge in [0.2, 0.25) is 0 Å². The Labute approximate surface area is 306 Å². The number of rotatable bonds is 6. The fourth-order valence-corrected chi connectivity index (χ4v) is 7.25. The molecule has 0 aliphatic heterocycles. The number of furan rings is 1. The lowest BCUT2D eigenvalue weighted by Gasteiger charge is -2.14. The van der Waals surface area contributed by atoms with Gasteiger partial charge in [0, 0.05) is 33.0 Å². The molecular weight excluding hydrogens is 647 g/mol. The highest BCUT2D eigenvalue weighted by molar-refractivity contribution is 6.13. The standard InChI is InChI=1S/C49H31N3O/c1-3-11-32(12-4-1)35-19-24-37(25-20-35)47-50-48(38-26-21-36(22-27-38)33-13-5-2-6-14-33)52-49(51-47)43-30-29-42-41-17-9-10-18-44(41)53-46(42)45(43)40-28-23-34-15-7-8-16-39(34)31-40/h1-31H. The molecule has 0 amide bonds. The number of aromatic nitrogens is 3. The van der Waals surface area contributed by atoms with Crippen molar-refractivity contribution in [3.63, 3.8) is 0 Å². The van der Waals surface area contributed by atoms with Crippen LogP contribution in [0.15, 0.2) is 192 Å². The maximum atomic E-state index is 6.68. The van der Waals surface area contributed by atoms with E-state index in [0.29, 0.717) is 17.5 Å². The van der Waals surface area contributed by atoms with Crippen molar-refractivity contribution in [1.82, 2.24) is 15.0 Å². The van der Waals surface area contributed by atoms with Gasteiger partial charge < -0.3 is 4.42 Å². The molecule has 0 saturated carbocycles. The first-order chi connectivity index (χ1) is 26.2. The monoisotopic (exact) mass is 677 g/mol. The average Bonchev–Trinajstić information content (AvgIpc) is 3.62. The first-order valence-electron chi connectivity index (χ1n) is 17.8. The zero-order valence-electron chi connectivity index (χ0n) is 28.6. The molecule has 8 aromatic carbocycles. The van der Waals surface area contributed by atoms with Gasteiger partial charge in [-0.3, -0.25) is 0 Å². The van der Waals surface area contributed by atoms with Crippen LogP contribution in [0, 0.1) is 0 Å². The molecule has 2 aromatic heterocycles. The molecule has 0 atom stereocenters. The van der Waals surface area contributed by atoms with E-state index < -0.39 is 0 Å². The van der Waals surface area contributed by atoms with Crippen LogP contribution < -0.4 is 0 Å². The van der Waals surface area contributed by atoms with E-state index in [2.05, 4.69) is 164 Å². The van der Waals surface area contributed by atoms with Crippen LogP contribution in [0.3, 0.4) is 0 Å². The predicted octanol–water partition coefficient (Wildman–Crippen LogP) is 12.9. The topological polar surface area (TPSA) is 51.8 Å². The van der Waals surface area contributed by atoms with Gasteiger partial charge in [0.1, 0.15) is 11.2 Å². The van der Waals surface area contributed by atoms with Gasteiger partial charge in [0.15, 0.2) is 17.5 Å². The predicted molar refractivity (Wildman–Crippen MR) is 217 cm³/mol. The Hall–Kier alpha value is -7.17. The summed E-state index contributed by atoms with van der Waals surface area (Å²) in [6, 6.07) is 65.1. The number of hydrogen-bond donors (Lipinski definition) is 0. The van der Waals surface area contributed by atoms with Gasteiger partial charge in [-0.1, -0.05) is 164 Å². The van der Waals surface area contributed by atoms with Crippen molar-refractivity contribution in [2.24, 2.45) is 0 Å². The van der Waals surface area contributed by atoms with E-state index in [9.17, 15) is 0 Å². The Bertz CT molecular complexity index is 2810. The van der Waals surface area contributed by atoms with E-state index in [1.165, 1.54) is 5.39 Å². The molecule has 0 aliphatic carbocycles. The molecule has 0 saturated heterocycles. The highest BCUT2D eigenvalue weighted by atomic mass is 16.3. The molecule has 2 heterocycles. The van der Waals surface area contributed by atoms with Crippen LogP contribution in [0.2, 0.25) is 0 Å². The molecule has 53 heavy (non-hydrogen) atoms. The van der Waals surface area contributed by atoms with Crippen molar-refractivity contribution in [3.8, 4) is 67.5 Å². The Balaban J connectivity index is 1.19. The SMILES string of the molecule is c1ccc(-c2ccc(-c3nc(-c4ccc(-c5ccccc5)cc4)nc(-c4ccc5c(oc6ccccc65)c4-c4ccc5ccccc5c4)n3)cc2)cc1. The summed E-state index contributed by atoms with van der Waals surface area (Å²) >= 11 is 0. The maximum absolute atomic E-state index is 6.68. The zero-order chi connectivity index (χ0) is 35.1. The number of nitrogens with zero attached hydrogens (tertiary/aromatic N) is 3. The van der Waals surface area contributed by atoms with E-state index in [4.69, 9.17) is 19.4 Å². The summed E-state index contributed by atoms with van der Waals surface area (Å²) in [7, 11) is 0. The van der Waals surface area contributed by atoms with Crippen molar-refractivity contribution in [2.75, 3.05) is 0 Å². The van der Waals surface area contributed by atoms with Gasteiger partial charge in [0.25, 0.3) is 0 Å². The van der Waals surface area contributed by atoms with Gasteiger partial charge in [0.05, 0.1) is 0 Å². The number of hydrogen-bond acceptors (Lipinski definition) is 4. The molecule has 0 spiro atoms. The first-order valence-corrected chi connectivity index (χ1v) is 17.8. The third-order valence-corrected chi connectivity index (χ3v) is 9.96. The largest absolute Gasteiger partial charge is 0.455 e. The van der Waals surface area contributed by atoms with Gasteiger partial charge in [-0.15, -0.1) is 0 Å². The van der Waals surface area contributed by atoms with Crippen molar-refractivity contribution in [1.29, 1.82) is 0 Å². The second-order valence-corrected chi connectivity index (χ2v) is 13.2. The Morgan fingerprint density at radius 1 is 0.321 bits per heavy atom. The van der Waals surface area contributed by atoms with E-state index in [-0.39, 0.29) is 0 Å². The summed E-state index contributed by atoms with van der Waals surface area (Å²) in [5.74, 6) is 1.78. The van der Waals surface area contributed by atoms with E-state index in [1.54, 1.807) is 0 Å². The molecule has 0 unspecified atom stereocenters. The summed E-state index contributed by atoms with van der Waals surface area (Å²) in [4.78, 5) is 15.5. The average molecular weight is 678 g/mol. The molecule has 0 fully saturated rings. The second kappa shape index (κ2) is 12.9. The molecule has 10 rings (SSSR count). The Morgan fingerprint density at radius 2 is 0.811 bits per heavy atom. The van der Waals surface area contributed by atoms with Crippen LogP contribution in [0.5, 0.6) is 0 Å². The third kappa shape index (κ3) is 5.63. The van der Waals surface area contributed by atoms with E-state index in [1.807, 2.05) is 24.3 Å².